The van der Waals surface area contributed by atoms with Gasteiger partial charge in [0.2, 0.25) is 0 Å². The van der Waals surface area contributed by atoms with Crippen LogP contribution in [0.4, 0.5) is 0 Å². The Morgan fingerprint density at radius 1 is 1.40 bits per heavy atom. The third-order valence-corrected chi connectivity index (χ3v) is 2.26. The fourth-order valence-electron chi connectivity index (χ4n) is 1.68. The first-order chi connectivity index (χ1) is 4.95. The largest absolute Gasteiger partial charge is 0.124 e. The zero-order valence-electron chi connectivity index (χ0n) is 6.14. The van der Waals surface area contributed by atoms with E-state index in [0.29, 0.717) is 5.92 Å². The maximum absolute atomic E-state index is 3.21. The predicted octanol–water partition coefficient (Wildman–Crippen LogP) is 2.83. The minimum Gasteiger partial charge on any atom is -0.124 e. The van der Waals surface area contributed by atoms with Crippen LogP contribution >= 0.6 is 0 Å². The molecule has 0 heterocycles. The van der Waals surface area contributed by atoms with E-state index in [-0.39, 0.29) is 0 Å². The van der Waals surface area contributed by atoms with Crippen molar-refractivity contribution in [2.75, 3.05) is 0 Å². The maximum atomic E-state index is 3.21. The molecule has 2 bridgehead atoms. The molecule has 2 aliphatic carbocycles. The summed E-state index contributed by atoms with van der Waals surface area (Å²) in [5.41, 5.74) is 4.71. The van der Waals surface area contributed by atoms with Gasteiger partial charge in [0.05, 0.1) is 0 Å². The summed E-state index contributed by atoms with van der Waals surface area (Å²) in [4.78, 5) is 0. The minimum atomic E-state index is 0.711. The van der Waals surface area contributed by atoms with E-state index in [1.165, 1.54) is 31.3 Å². The Bertz CT molecular complexity index is 214. The molecule has 2 rings (SSSR count). The second-order valence-corrected chi connectivity index (χ2v) is 3.13. The molecule has 0 heteroatoms. The van der Waals surface area contributed by atoms with Crippen LogP contribution in [-0.4, -0.2) is 0 Å². The molecule has 0 amide bonds. The van der Waals surface area contributed by atoms with Gasteiger partial charge in [-0.05, 0) is 37.0 Å². The van der Waals surface area contributed by atoms with E-state index in [1.54, 1.807) is 0 Å². The van der Waals surface area contributed by atoms with Crippen LogP contribution < -0.4 is 0 Å². The second-order valence-electron chi connectivity index (χ2n) is 3.13. The third-order valence-electron chi connectivity index (χ3n) is 2.26. The molecule has 1 unspecified atom stereocenters. The normalized spacial score (nSPS) is 29.6. The lowest BCUT2D eigenvalue weighted by molar-refractivity contribution is 0.646. The summed E-state index contributed by atoms with van der Waals surface area (Å²) in [6.45, 7) is 0. The average Bonchev–Trinajstić information content (AvgIpc) is 2.12. The van der Waals surface area contributed by atoms with Crippen LogP contribution in [0, 0.1) is 5.92 Å². The highest BCUT2D eigenvalue weighted by molar-refractivity contribution is 5.26. The molecular formula is C10H12. The van der Waals surface area contributed by atoms with Crippen molar-refractivity contribution in [2.24, 2.45) is 5.92 Å². The summed E-state index contributed by atoms with van der Waals surface area (Å²) in [5, 5.41) is 0. The molecule has 0 aromatic carbocycles. The highest BCUT2D eigenvalue weighted by Crippen LogP contribution is 2.25. The Hall–Kier alpha value is -0.740. The van der Waals surface area contributed by atoms with E-state index >= 15 is 0 Å². The first kappa shape index (κ1) is 6.00. The third kappa shape index (κ3) is 1.08. The Labute approximate surface area is 61.9 Å². The van der Waals surface area contributed by atoms with Crippen LogP contribution in [0.2, 0.25) is 0 Å². The predicted molar refractivity (Wildman–Crippen MR) is 42.7 cm³/mol. The standard InChI is InChI=1S/C10H12/c1-2-5-10-7-3-6-9(4-1)8-10/h6-9H,1-2,4-5H2. The van der Waals surface area contributed by atoms with Crippen LogP contribution in [0.15, 0.2) is 29.5 Å². The first-order valence-electron chi connectivity index (χ1n) is 4.08. The average molecular weight is 132 g/mol. The van der Waals surface area contributed by atoms with Crippen molar-refractivity contribution in [2.45, 2.75) is 25.7 Å². The SMILES string of the molecule is C1=CC2=CC(C=1)CCCC2. The lowest BCUT2D eigenvalue weighted by Gasteiger charge is -2.04. The summed E-state index contributed by atoms with van der Waals surface area (Å²) in [6.07, 6.45) is 12.1. The van der Waals surface area contributed by atoms with E-state index in [9.17, 15) is 0 Å². The number of allylic oxidation sites excluding steroid dienone is 3. The van der Waals surface area contributed by atoms with Gasteiger partial charge in [-0.1, -0.05) is 12.5 Å². The molecule has 0 N–H and O–H groups in total. The zero-order valence-corrected chi connectivity index (χ0v) is 6.14. The van der Waals surface area contributed by atoms with E-state index in [4.69, 9.17) is 0 Å². The second kappa shape index (κ2) is 2.48. The van der Waals surface area contributed by atoms with Gasteiger partial charge in [0.25, 0.3) is 0 Å². The van der Waals surface area contributed by atoms with E-state index in [1.807, 2.05) is 0 Å². The number of fused-ring (bicyclic) bond motifs is 1. The monoisotopic (exact) mass is 132 g/mol. The fourth-order valence-corrected chi connectivity index (χ4v) is 1.68. The molecule has 0 aromatic rings. The van der Waals surface area contributed by atoms with Gasteiger partial charge in [0.15, 0.2) is 0 Å². The van der Waals surface area contributed by atoms with Crippen molar-refractivity contribution >= 4 is 0 Å². The molecule has 0 saturated heterocycles. The maximum Gasteiger partial charge on any atom is 0.00285 e. The molecule has 1 atom stereocenters. The Kier molecular flexibility index (Phi) is 1.49. The van der Waals surface area contributed by atoms with Gasteiger partial charge in [-0.2, -0.15) is 0 Å². The van der Waals surface area contributed by atoms with Crippen molar-refractivity contribution in [3.63, 3.8) is 0 Å². The molecule has 0 aromatic heterocycles. The molecule has 0 radical (unpaired) electrons. The summed E-state index contributed by atoms with van der Waals surface area (Å²) >= 11 is 0. The van der Waals surface area contributed by atoms with Crippen molar-refractivity contribution in [1.29, 1.82) is 0 Å². The van der Waals surface area contributed by atoms with E-state index in [2.05, 4.69) is 24.0 Å². The summed E-state index contributed by atoms with van der Waals surface area (Å²) in [5.74, 6) is 0.711. The van der Waals surface area contributed by atoms with Crippen LogP contribution in [0.1, 0.15) is 25.7 Å². The fraction of sp³-hybridized carbons (Fsp3) is 0.500. The molecule has 10 heavy (non-hydrogen) atoms. The van der Waals surface area contributed by atoms with Gasteiger partial charge in [-0.15, -0.1) is 5.73 Å². The Morgan fingerprint density at radius 3 is 3.40 bits per heavy atom. The summed E-state index contributed by atoms with van der Waals surface area (Å²) in [6, 6.07) is 0. The van der Waals surface area contributed by atoms with Crippen LogP contribution in [0.3, 0.4) is 0 Å². The Balaban J connectivity index is 2.27. The van der Waals surface area contributed by atoms with Crippen molar-refractivity contribution < 1.29 is 0 Å². The van der Waals surface area contributed by atoms with E-state index < -0.39 is 0 Å². The van der Waals surface area contributed by atoms with Gasteiger partial charge < -0.3 is 0 Å². The first-order valence-corrected chi connectivity index (χ1v) is 4.08. The number of hydrogen-bond acceptors (Lipinski definition) is 0. The zero-order chi connectivity index (χ0) is 6.81. The van der Waals surface area contributed by atoms with Crippen molar-refractivity contribution in [3.05, 3.63) is 29.5 Å². The molecule has 2 aliphatic rings. The van der Waals surface area contributed by atoms with Gasteiger partial charge >= 0.3 is 0 Å². The van der Waals surface area contributed by atoms with Crippen molar-refractivity contribution in [3.8, 4) is 0 Å². The van der Waals surface area contributed by atoms with Gasteiger partial charge in [0.1, 0.15) is 0 Å². The van der Waals surface area contributed by atoms with E-state index in [0.717, 1.165) is 0 Å². The quantitative estimate of drug-likeness (QED) is 0.444. The number of hydrogen-bond donors (Lipinski definition) is 0. The topological polar surface area (TPSA) is 0 Å². The van der Waals surface area contributed by atoms with Crippen LogP contribution in [-0.2, 0) is 0 Å². The molecule has 0 nitrogen and oxygen atoms in total. The lowest BCUT2D eigenvalue weighted by Crippen LogP contribution is -1.91. The molecular weight excluding hydrogens is 120 g/mol. The van der Waals surface area contributed by atoms with Crippen LogP contribution in [0.5, 0.6) is 0 Å². The molecule has 52 valence electrons. The lowest BCUT2D eigenvalue weighted by atomic mass is 10.0. The summed E-state index contributed by atoms with van der Waals surface area (Å²) < 4.78 is 0. The number of rotatable bonds is 0. The highest BCUT2D eigenvalue weighted by atomic mass is 14.1. The minimum absolute atomic E-state index is 0.711. The van der Waals surface area contributed by atoms with Gasteiger partial charge in [-0.25, -0.2) is 0 Å². The Morgan fingerprint density at radius 2 is 2.40 bits per heavy atom. The van der Waals surface area contributed by atoms with Crippen molar-refractivity contribution in [1.82, 2.24) is 0 Å². The van der Waals surface area contributed by atoms with Gasteiger partial charge in [0, 0.05) is 5.92 Å². The van der Waals surface area contributed by atoms with Crippen LogP contribution in [0.25, 0.3) is 0 Å². The van der Waals surface area contributed by atoms with Gasteiger partial charge in [-0.3, -0.25) is 0 Å². The molecule has 0 aliphatic heterocycles. The highest BCUT2D eigenvalue weighted by Gasteiger charge is 2.09. The molecule has 0 spiro atoms. The summed E-state index contributed by atoms with van der Waals surface area (Å²) in [7, 11) is 0. The smallest absolute Gasteiger partial charge is 0.00285 e. The molecule has 0 fully saturated rings. The molecule has 0 saturated carbocycles.